The summed E-state index contributed by atoms with van der Waals surface area (Å²) in [5, 5.41) is 21.2. The van der Waals surface area contributed by atoms with E-state index >= 15 is 0 Å². The zero-order valence-corrected chi connectivity index (χ0v) is 13.2. The summed E-state index contributed by atoms with van der Waals surface area (Å²) in [5.74, 6) is -1.56. The van der Waals surface area contributed by atoms with Crippen LogP contribution in [0.1, 0.15) is 38.0 Å². The molecule has 0 saturated carbocycles. The standard InChI is InChI=1S/C15H18F3NO5/c1-14(2,3)24-13(23)19-10(12(21)22)11(20)8-4-6-9(7-5-8)15(16,17)18/h4-7,10-11,20H,1-3H3,(H,19,23)(H,21,22)/t10?,11-/m1/s1. The van der Waals surface area contributed by atoms with E-state index < -0.39 is 41.5 Å². The van der Waals surface area contributed by atoms with Gasteiger partial charge >= 0.3 is 18.2 Å². The van der Waals surface area contributed by atoms with E-state index in [-0.39, 0.29) is 5.56 Å². The first-order chi connectivity index (χ1) is 10.8. The van der Waals surface area contributed by atoms with Gasteiger partial charge in [-0.3, -0.25) is 0 Å². The van der Waals surface area contributed by atoms with Gasteiger partial charge in [-0.15, -0.1) is 0 Å². The van der Waals surface area contributed by atoms with Crippen LogP contribution in [0.25, 0.3) is 0 Å². The van der Waals surface area contributed by atoms with Crippen molar-refractivity contribution in [2.75, 3.05) is 0 Å². The predicted molar refractivity (Wildman–Crippen MR) is 77.2 cm³/mol. The molecule has 0 aliphatic heterocycles. The molecule has 6 nitrogen and oxygen atoms in total. The Morgan fingerprint density at radius 3 is 2.00 bits per heavy atom. The highest BCUT2D eigenvalue weighted by molar-refractivity contribution is 5.80. The maximum Gasteiger partial charge on any atom is 0.416 e. The minimum absolute atomic E-state index is 0.0912. The number of rotatable bonds is 4. The lowest BCUT2D eigenvalue weighted by atomic mass is 10.0. The summed E-state index contributed by atoms with van der Waals surface area (Å²) >= 11 is 0. The molecule has 24 heavy (non-hydrogen) atoms. The predicted octanol–water partition coefficient (Wildman–Crippen LogP) is 2.72. The number of aliphatic hydroxyl groups is 1. The van der Waals surface area contributed by atoms with E-state index in [1.807, 2.05) is 5.32 Å². The molecule has 9 heteroatoms. The molecule has 0 aliphatic carbocycles. The molecule has 0 aromatic heterocycles. The number of alkyl halides is 3. The highest BCUT2D eigenvalue weighted by atomic mass is 19.4. The van der Waals surface area contributed by atoms with E-state index in [9.17, 15) is 27.9 Å². The number of carbonyl (C=O) groups is 2. The van der Waals surface area contributed by atoms with E-state index in [0.29, 0.717) is 12.1 Å². The zero-order chi connectivity index (χ0) is 18.7. The van der Waals surface area contributed by atoms with Crippen LogP contribution in [0.4, 0.5) is 18.0 Å². The van der Waals surface area contributed by atoms with Gasteiger partial charge in [0.2, 0.25) is 0 Å². The van der Waals surface area contributed by atoms with Crippen molar-refractivity contribution in [1.82, 2.24) is 5.32 Å². The van der Waals surface area contributed by atoms with Crippen molar-refractivity contribution in [1.29, 1.82) is 0 Å². The van der Waals surface area contributed by atoms with Crippen LogP contribution in [0.15, 0.2) is 24.3 Å². The number of benzene rings is 1. The van der Waals surface area contributed by atoms with Crippen LogP contribution in [0, 0.1) is 0 Å². The second-order valence-corrected chi connectivity index (χ2v) is 6.03. The minimum atomic E-state index is -4.55. The van der Waals surface area contributed by atoms with Crippen LogP contribution in [-0.2, 0) is 15.7 Å². The average Bonchev–Trinajstić information content (AvgIpc) is 2.41. The minimum Gasteiger partial charge on any atom is -0.480 e. The molecule has 3 N–H and O–H groups in total. The molecular weight excluding hydrogens is 331 g/mol. The van der Waals surface area contributed by atoms with Crippen molar-refractivity contribution < 1.29 is 37.7 Å². The van der Waals surface area contributed by atoms with Crippen LogP contribution in [-0.4, -0.2) is 33.9 Å². The summed E-state index contributed by atoms with van der Waals surface area (Å²) in [6.07, 6.45) is -7.37. The highest BCUT2D eigenvalue weighted by Gasteiger charge is 2.33. The number of carboxylic acids is 1. The van der Waals surface area contributed by atoms with Gasteiger partial charge in [0, 0.05) is 0 Å². The highest BCUT2D eigenvalue weighted by Crippen LogP contribution is 2.30. The van der Waals surface area contributed by atoms with Gasteiger partial charge in [-0.1, -0.05) is 12.1 Å². The Hall–Kier alpha value is -2.29. The van der Waals surface area contributed by atoms with E-state index in [2.05, 4.69) is 0 Å². The van der Waals surface area contributed by atoms with Gasteiger partial charge in [0.25, 0.3) is 0 Å². The van der Waals surface area contributed by atoms with Gasteiger partial charge in [0.1, 0.15) is 11.7 Å². The lowest BCUT2D eigenvalue weighted by Crippen LogP contribution is -2.46. The van der Waals surface area contributed by atoms with Crippen molar-refractivity contribution in [2.24, 2.45) is 0 Å². The second kappa shape index (κ2) is 7.08. The number of ether oxygens (including phenoxy) is 1. The maximum absolute atomic E-state index is 12.5. The molecule has 0 saturated heterocycles. The number of aliphatic carboxylic acids is 1. The summed E-state index contributed by atoms with van der Waals surface area (Å²) in [6, 6.07) is 1.53. The van der Waals surface area contributed by atoms with Gasteiger partial charge in [-0.25, -0.2) is 9.59 Å². The molecule has 0 radical (unpaired) electrons. The SMILES string of the molecule is CC(C)(C)OC(=O)NC(C(=O)O)[C@H](O)c1ccc(C(F)(F)F)cc1. The van der Waals surface area contributed by atoms with Crippen molar-refractivity contribution in [3.63, 3.8) is 0 Å². The number of alkyl carbamates (subject to hydrolysis) is 1. The number of carboxylic acid groups (broad SMARTS) is 1. The zero-order valence-electron chi connectivity index (χ0n) is 13.2. The lowest BCUT2D eigenvalue weighted by molar-refractivity contribution is -0.143. The molecular formula is C15H18F3NO5. The molecule has 0 heterocycles. The Kier molecular flexibility index (Phi) is 5.83. The molecule has 1 amide bonds. The fourth-order valence-corrected chi connectivity index (χ4v) is 1.77. The van der Waals surface area contributed by atoms with Gasteiger partial charge in [-0.05, 0) is 38.5 Å². The van der Waals surface area contributed by atoms with Crippen molar-refractivity contribution in [3.8, 4) is 0 Å². The molecule has 0 bridgehead atoms. The Morgan fingerprint density at radius 2 is 1.62 bits per heavy atom. The topological polar surface area (TPSA) is 95.9 Å². The summed E-state index contributed by atoms with van der Waals surface area (Å²) in [4.78, 5) is 22.9. The number of nitrogens with one attached hydrogen (secondary N) is 1. The van der Waals surface area contributed by atoms with Gasteiger partial charge in [-0.2, -0.15) is 13.2 Å². The van der Waals surface area contributed by atoms with Crippen LogP contribution in [0.5, 0.6) is 0 Å². The molecule has 1 aromatic rings. The normalized spacial score (nSPS) is 14.6. The first-order valence-electron chi connectivity index (χ1n) is 6.89. The van der Waals surface area contributed by atoms with E-state index in [1.165, 1.54) is 0 Å². The Bertz CT molecular complexity index is 593. The smallest absolute Gasteiger partial charge is 0.416 e. The Morgan fingerprint density at radius 1 is 1.12 bits per heavy atom. The number of halogens is 3. The third-order valence-electron chi connectivity index (χ3n) is 2.83. The first-order valence-corrected chi connectivity index (χ1v) is 6.89. The quantitative estimate of drug-likeness (QED) is 0.777. The second-order valence-electron chi connectivity index (χ2n) is 6.03. The molecule has 0 aliphatic rings. The van der Waals surface area contributed by atoms with Crippen LogP contribution in [0.2, 0.25) is 0 Å². The Balaban J connectivity index is 2.92. The fraction of sp³-hybridized carbons (Fsp3) is 0.467. The van der Waals surface area contributed by atoms with Crippen LogP contribution < -0.4 is 5.32 Å². The monoisotopic (exact) mass is 349 g/mol. The van der Waals surface area contributed by atoms with Gasteiger partial charge in [0.05, 0.1) is 5.56 Å². The summed E-state index contributed by atoms with van der Waals surface area (Å²) in [5.41, 5.74) is -1.91. The van der Waals surface area contributed by atoms with Gasteiger partial charge in [0.15, 0.2) is 6.04 Å². The lowest BCUT2D eigenvalue weighted by Gasteiger charge is -2.24. The van der Waals surface area contributed by atoms with Crippen molar-refractivity contribution in [3.05, 3.63) is 35.4 Å². The Labute approximate surface area is 136 Å². The third-order valence-corrected chi connectivity index (χ3v) is 2.83. The van der Waals surface area contributed by atoms with Gasteiger partial charge < -0.3 is 20.3 Å². The molecule has 0 spiro atoms. The first kappa shape index (κ1) is 19.8. The average molecular weight is 349 g/mol. The number of amides is 1. The number of aliphatic hydroxyl groups excluding tert-OH is 1. The van der Waals surface area contributed by atoms with E-state index in [0.717, 1.165) is 12.1 Å². The molecule has 2 atom stereocenters. The molecule has 1 aromatic carbocycles. The van der Waals surface area contributed by atoms with E-state index in [1.54, 1.807) is 20.8 Å². The van der Waals surface area contributed by atoms with Crippen molar-refractivity contribution in [2.45, 2.75) is 44.7 Å². The fourth-order valence-electron chi connectivity index (χ4n) is 1.77. The third kappa shape index (κ3) is 5.73. The van der Waals surface area contributed by atoms with Crippen LogP contribution in [0.3, 0.4) is 0 Å². The summed E-state index contributed by atoms with van der Waals surface area (Å²) in [7, 11) is 0. The number of hydrogen-bond donors (Lipinski definition) is 3. The molecule has 134 valence electrons. The maximum atomic E-state index is 12.5. The van der Waals surface area contributed by atoms with E-state index in [4.69, 9.17) is 9.84 Å². The number of carbonyl (C=O) groups excluding carboxylic acids is 1. The molecule has 1 unspecified atom stereocenters. The summed E-state index contributed by atoms with van der Waals surface area (Å²) < 4.78 is 42.4. The largest absolute Gasteiger partial charge is 0.480 e. The van der Waals surface area contributed by atoms with Crippen LogP contribution >= 0.6 is 0 Å². The molecule has 1 rings (SSSR count). The summed E-state index contributed by atoms with van der Waals surface area (Å²) in [6.45, 7) is 4.69. The van der Waals surface area contributed by atoms with Crippen molar-refractivity contribution >= 4 is 12.1 Å². The molecule has 0 fully saturated rings. The number of hydrogen-bond acceptors (Lipinski definition) is 4.